The fraction of sp³-hybridized carbons (Fsp3) is 0.714. The van der Waals surface area contributed by atoms with Crippen LogP contribution in [0.1, 0.15) is 12.8 Å². The van der Waals surface area contributed by atoms with Crippen molar-refractivity contribution in [2.45, 2.75) is 12.8 Å². The Kier molecular flexibility index (Phi) is 6.62. The van der Waals surface area contributed by atoms with Crippen LogP contribution in [0, 0.1) is 0 Å². The molecule has 0 unspecified atom stereocenters. The molecule has 2 amide bonds. The van der Waals surface area contributed by atoms with Crippen LogP contribution in [0.4, 0.5) is 0 Å². The van der Waals surface area contributed by atoms with Crippen LogP contribution in [-0.2, 0) is 14.3 Å². The maximum Gasteiger partial charge on any atom is 0.216 e. The summed E-state index contributed by atoms with van der Waals surface area (Å²) in [6, 6.07) is 0. The first-order valence-corrected chi connectivity index (χ1v) is 3.50. The number of ether oxygens (including phenoxy) is 1. The smallest absolute Gasteiger partial charge is 0.216 e. The van der Waals surface area contributed by atoms with E-state index in [1.807, 2.05) is 0 Å². The summed E-state index contributed by atoms with van der Waals surface area (Å²) in [5.74, 6) is 0. The molecule has 0 saturated carbocycles. The number of unbranched alkanes of at least 4 members (excludes halogenated alkanes) is 1. The van der Waals surface area contributed by atoms with E-state index in [2.05, 4.69) is 0 Å². The van der Waals surface area contributed by atoms with Gasteiger partial charge in [0.25, 0.3) is 0 Å². The topological polar surface area (TPSA) is 46.6 Å². The third-order valence-corrected chi connectivity index (χ3v) is 1.29. The third-order valence-electron chi connectivity index (χ3n) is 1.29. The molecular weight excluding hydrogens is 146 g/mol. The SMILES string of the molecule is COCCCCN(C=O)C=O. The van der Waals surface area contributed by atoms with E-state index in [9.17, 15) is 9.59 Å². The zero-order valence-electron chi connectivity index (χ0n) is 6.66. The number of imide groups is 1. The van der Waals surface area contributed by atoms with Gasteiger partial charge in [0.05, 0.1) is 0 Å². The first kappa shape index (κ1) is 10.1. The minimum absolute atomic E-state index is 0.482. The predicted molar refractivity (Wildman–Crippen MR) is 39.9 cm³/mol. The molecule has 0 rings (SSSR count). The van der Waals surface area contributed by atoms with Crippen LogP contribution in [0.5, 0.6) is 0 Å². The van der Waals surface area contributed by atoms with Crippen LogP contribution < -0.4 is 0 Å². The van der Waals surface area contributed by atoms with Crippen LogP contribution in [0.15, 0.2) is 0 Å². The third kappa shape index (κ3) is 5.54. The van der Waals surface area contributed by atoms with Crippen LogP contribution in [-0.4, -0.2) is 38.0 Å². The number of hydrogen-bond acceptors (Lipinski definition) is 3. The van der Waals surface area contributed by atoms with Gasteiger partial charge in [-0.25, -0.2) is 0 Å². The second-order valence-electron chi connectivity index (χ2n) is 2.15. The molecule has 0 aromatic heterocycles. The average molecular weight is 159 g/mol. The lowest BCUT2D eigenvalue weighted by molar-refractivity contribution is -0.129. The highest BCUT2D eigenvalue weighted by Gasteiger charge is 1.96. The number of amides is 2. The van der Waals surface area contributed by atoms with Gasteiger partial charge >= 0.3 is 0 Å². The van der Waals surface area contributed by atoms with Crippen LogP contribution in [0.2, 0.25) is 0 Å². The normalized spacial score (nSPS) is 9.18. The van der Waals surface area contributed by atoms with Crippen molar-refractivity contribution in [2.75, 3.05) is 20.3 Å². The Morgan fingerprint density at radius 3 is 2.36 bits per heavy atom. The lowest BCUT2D eigenvalue weighted by Crippen LogP contribution is -2.21. The Bertz CT molecular complexity index is 108. The number of methoxy groups -OCH3 is 1. The summed E-state index contributed by atoms with van der Waals surface area (Å²) in [5, 5.41) is 0. The van der Waals surface area contributed by atoms with Gasteiger partial charge in [0, 0.05) is 20.3 Å². The standard InChI is InChI=1S/C7H13NO3/c1-11-5-3-2-4-8(6-9)7-10/h6-7H,2-5H2,1H3. The zero-order chi connectivity index (χ0) is 8.53. The molecule has 4 nitrogen and oxygen atoms in total. The summed E-state index contributed by atoms with van der Waals surface area (Å²) in [7, 11) is 1.62. The number of carbonyl (C=O) groups excluding carboxylic acids is 2. The van der Waals surface area contributed by atoms with E-state index in [1.165, 1.54) is 0 Å². The highest BCUT2D eigenvalue weighted by Crippen LogP contribution is 1.90. The Hall–Kier alpha value is -0.900. The number of hydrogen-bond donors (Lipinski definition) is 0. The molecule has 4 heteroatoms. The van der Waals surface area contributed by atoms with Gasteiger partial charge in [-0.3, -0.25) is 14.5 Å². The molecule has 64 valence electrons. The molecule has 0 N–H and O–H groups in total. The molecule has 11 heavy (non-hydrogen) atoms. The molecule has 0 aliphatic heterocycles. The van der Waals surface area contributed by atoms with E-state index >= 15 is 0 Å². The van der Waals surface area contributed by atoms with Crippen molar-refractivity contribution in [2.24, 2.45) is 0 Å². The van der Waals surface area contributed by atoms with Gasteiger partial charge in [-0.05, 0) is 12.8 Å². The molecule has 0 fully saturated rings. The largest absolute Gasteiger partial charge is 0.385 e. The lowest BCUT2D eigenvalue weighted by Gasteiger charge is -2.06. The molecule has 0 spiro atoms. The van der Waals surface area contributed by atoms with E-state index in [0.29, 0.717) is 26.0 Å². The lowest BCUT2D eigenvalue weighted by atomic mass is 10.3. The fourth-order valence-corrected chi connectivity index (χ4v) is 0.671. The average Bonchev–Trinajstić information content (AvgIpc) is 2.05. The molecule has 0 saturated heterocycles. The molecule has 0 aliphatic carbocycles. The van der Waals surface area contributed by atoms with Crippen LogP contribution in [0.3, 0.4) is 0 Å². The second kappa shape index (κ2) is 7.21. The van der Waals surface area contributed by atoms with Crippen molar-refractivity contribution >= 4 is 12.8 Å². The Morgan fingerprint density at radius 2 is 1.91 bits per heavy atom. The van der Waals surface area contributed by atoms with Gasteiger partial charge < -0.3 is 4.74 Å². The molecule has 0 heterocycles. The van der Waals surface area contributed by atoms with E-state index in [-0.39, 0.29) is 0 Å². The molecular formula is C7H13NO3. The van der Waals surface area contributed by atoms with Gasteiger partial charge in [0.15, 0.2) is 0 Å². The molecule has 0 aromatic rings. The molecule has 0 aromatic carbocycles. The molecule has 0 bridgehead atoms. The first-order chi connectivity index (χ1) is 5.35. The van der Waals surface area contributed by atoms with Crippen LogP contribution in [0.25, 0.3) is 0 Å². The summed E-state index contributed by atoms with van der Waals surface area (Å²) in [6.45, 7) is 1.15. The number of carbonyl (C=O) groups is 2. The van der Waals surface area contributed by atoms with E-state index < -0.39 is 0 Å². The van der Waals surface area contributed by atoms with Crippen molar-refractivity contribution in [1.82, 2.24) is 4.90 Å². The summed E-state index contributed by atoms with van der Waals surface area (Å²) in [4.78, 5) is 21.2. The zero-order valence-corrected chi connectivity index (χ0v) is 6.66. The molecule has 0 atom stereocenters. The summed E-state index contributed by atoms with van der Waals surface area (Å²) in [6.07, 6.45) is 2.72. The fourth-order valence-electron chi connectivity index (χ4n) is 0.671. The van der Waals surface area contributed by atoms with Crippen LogP contribution >= 0.6 is 0 Å². The quantitative estimate of drug-likeness (QED) is 0.389. The first-order valence-electron chi connectivity index (χ1n) is 3.50. The van der Waals surface area contributed by atoms with Gasteiger partial charge in [-0.15, -0.1) is 0 Å². The highest BCUT2D eigenvalue weighted by atomic mass is 16.5. The van der Waals surface area contributed by atoms with Crippen molar-refractivity contribution < 1.29 is 14.3 Å². The number of nitrogens with zero attached hydrogens (tertiary/aromatic N) is 1. The van der Waals surface area contributed by atoms with E-state index in [4.69, 9.17) is 4.74 Å². The molecule has 0 radical (unpaired) electrons. The minimum Gasteiger partial charge on any atom is -0.385 e. The Labute approximate surface area is 66.1 Å². The van der Waals surface area contributed by atoms with Crippen molar-refractivity contribution in [3.63, 3.8) is 0 Å². The molecule has 0 aliphatic rings. The van der Waals surface area contributed by atoms with Crippen molar-refractivity contribution in [3.05, 3.63) is 0 Å². The summed E-state index contributed by atoms with van der Waals surface area (Å²) >= 11 is 0. The van der Waals surface area contributed by atoms with Crippen molar-refractivity contribution in [1.29, 1.82) is 0 Å². The monoisotopic (exact) mass is 159 g/mol. The van der Waals surface area contributed by atoms with Gasteiger partial charge in [0.2, 0.25) is 12.8 Å². The summed E-state index contributed by atoms with van der Waals surface area (Å²) in [5.41, 5.74) is 0. The van der Waals surface area contributed by atoms with E-state index in [1.54, 1.807) is 7.11 Å². The minimum atomic E-state index is 0.482. The van der Waals surface area contributed by atoms with Crippen molar-refractivity contribution in [3.8, 4) is 0 Å². The second-order valence-corrected chi connectivity index (χ2v) is 2.15. The predicted octanol–water partition coefficient (Wildman–Crippen LogP) is 0.0278. The van der Waals surface area contributed by atoms with Gasteiger partial charge in [-0.2, -0.15) is 0 Å². The summed E-state index contributed by atoms with van der Waals surface area (Å²) < 4.78 is 4.80. The number of rotatable bonds is 7. The van der Waals surface area contributed by atoms with E-state index in [0.717, 1.165) is 17.7 Å². The van der Waals surface area contributed by atoms with Gasteiger partial charge in [0.1, 0.15) is 0 Å². The highest BCUT2D eigenvalue weighted by molar-refractivity contribution is 5.68. The Morgan fingerprint density at radius 1 is 1.27 bits per heavy atom. The Balaban J connectivity index is 3.21. The van der Waals surface area contributed by atoms with Gasteiger partial charge in [-0.1, -0.05) is 0 Å². The maximum atomic E-state index is 10.1. The maximum absolute atomic E-state index is 10.1.